The topological polar surface area (TPSA) is 61.5 Å². The Labute approximate surface area is 263 Å². The highest BCUT2D eigenvalue weighted by molar-refractivity contribution is 6.08. The van der Waals surface area contributed by atoms with E-state index < -0.39 is 11.1 Å². The summed E-state index contributed by atoms with van der Waals surface area (Å²) in [6.45, 7) is 15.1. The maximum absolute atomic E-state index is 6.85. The Morgan fingerprint density at radius 2 is 1.56 bits per heavy atom. The number of fused-ring (bicyclic) bond motifs is 6. The smallest absolute Gasteiger partial charge is 0.220 e. The zero-order chi connectivity index (χ0) is 31.3. The fraction of sp³-hybridized carbons (Fsp3) is 0.256. The van der Waals surface area contributed by atoms with Crippen molar-refractivity contribution in [3.8, 4) is 17.3 Å². The van der Waals surface area contributed by atoms with Crippen LogP contribution in [0.3, 0.4) is 0 Å². The van der Waals surface area contributed by atoms with Gasteiger partial charge in [-0.3, -0.25) is 4.57 Å². The van der Waals surface area contributed by atoms with Gasteiger partial charge in [0.2, 0.25) is 11.8 Å². The van der Waals surface area contributed by atoms with E-state index in [1.807, 2.05) is 37.4 Å². The molecule has 3 aromatic carbocycles. The zero-order valence-corrected chi connectivity index (χ0v) is 26.8. The summed E-state index contributed by atoms with van der Waals surface area (Å²) in [5, 5.41) is 2.31. The first-order chi connectivity index (χ1) is 21.5. The van der Waals surface area contributed by atoms with Crippen LogP contribution in [0.15, 0.2) is 96.1 Å². The SMILES string of the molecule is Cc1cc(Oc2cc(C3=N[C@]4(C)c5ccccc5C(C)(C)[C@]4(C)O3)cc(C)n2)cc(-n2c3ccc(C)cc3c3cccnc32)c1. The summed E-state index contributed by atoms with van der Waals surface area (Å²) in [4.78, 5) is 14.8. The van der Waals surface area contributed by atoms with Crippen LogP contribution in [0.2, 0.25) is 0 Å². The number of aryl methyl sites for hydroxylation is 3. The Morgan fingerprint density at radius 3 is 2.38 bits per heavy atom. The summed E-state index contributed by atoms with van der Waals surface area (Å²) in [5.74, 6) is 1.82. The average molecular weight is 593 g/mol. The van der Waals surface area contributed by atoms with Crippen LogP contribution >= 0.6 is 0 Å². The lowest BCUT2D eigenvalue weighted by Gasteiger charge is -2.41. The molecule has 3 aromatic heterocycles. The first kappa shape index (κ1) is 27.6. The Kier molecular flexibility index (Phi) is 5.68. The largest absolute Gasteiger partial charge is 0.467 e. The van der Waals surface area contributed by atoms with Gasteiger partial charge in [0, 0.05) is 45.8 Å². The molecule has 0 bridgehead atoms. The van der Waals surface area contributed by atoms with Crippen LogP contribution in [0.4, 0.5) is 0 Å². The van der Waals surface area contributed by atoms with Crippen LogP contribution in [0, 0.1) is 20.8 Å². The van der Waals surface area contributed by atoms with Crippen molar-refractivity contribution < 1.29 is 9.47 Å². The maximum Gasteiger partial charge on any atom is 0.220 e. The van der Waals surface area contributed by atoms with Gasteiger partial charge in [-0.05, 0) is 93.8 Å². The number of hydrogen-bond acceptors (Lipinski definition) is 5. The molecule has 0 N–H and O–H groups in total. The van der Waals surface area contributed by atoms with Crippen LogP contribution in [0.25, 0.3) is 27.6 Å². The standard InChI is InChI=1S/C39H36N4O2/c1-23-14-15-33-30(19-23)29-11-10-16-40-35(29)43(33)27-17-24(2)18-28(22-27)44-34-21-26(20-25(3)41-34)36-42-38(6)32-13-9-8-12-31(32)37(4,5)39(38,7)45-36/h8-22H,1-7H3/t38-,39+/m1/s1. The Balaban J connectivity index is 1.19. The summed E-state index contributed by atoms with van der Waals surface area (Å²) in [7, 11) is 0. The van der Waals surface area contributed by atoms with Gasteiger partial charge in [0.05, 0.1) is 11.2 Å². The van der Waals surface area contributed by atoms with Crippen LogP contribution in [0.5, 0.6) is 11.6 Å². The van der Waals surface area contributed by atoms with E-state index in [1.165, 1.54) is 22.1 Å². The van der Waals surface area contributed by atoms with Gasteiger partial charge < -0.3 is 9.47 Å². The lowest BCUT2D eigenvalue weighted by Crippen LogP contribution is -2.51. The van der Waals surface area contributed by atoms with Crippen molar-refractivity contribution in [3.63, 3.8) is 0 Å². The number of nitrogens with zero attached hydrogens (tertiary/aromatic N) is 4. The van der Waals surface area contributed by atoms with Gasteiger partial charge >= 0.3 is 0 Å². The highest BCUT2D eigenvalue weighted by atomic mass is 16.5. The van der Waals surface area contributed by atoms with Crippen LogP contribution in [-0.4, -0.2) is 26.0 Å². The molecule has 6 nitrogen and oxygen atoms in total. The molecular weight excluding hydrogens is 556 g/mol. The van der Waals surface area contributed by atoms with Crippen molar-refractivity contribution >= 4 is 27.8 Å². The predicted octanol–water partition coefficient (Wildman–Crippen LogP) is 9.03. The van der Waals surface area contributed by atoms with Gasteiger partial charge in [-0.1, -0.05) is 49.7 Å². The quantitative estimate of drug-likeness (QED) is 0.205. The minimum atomic E-state index is -0.544. The first-order valence-electron chi connectivity index (χ1n) is 15.5. The third-order valence-corrected chi connectivity index (χ3v) is 10.2. The van der Waals surface area contributed by atoms with Crippen LogP contribution < -0.4 is 4.74 Å². The molecule has 6 aromatic rings. The molecule has 8 rings (SSSR count). The molecule has 45 heavy (non-hydrogen) atoms. The summed E-state index contributed by atoms with van der Waals surface area (Å²) in [6.07, 6.45) is 1.85. The molecule has 0 radical (unpaired) electrons. The van der Waals surface area contributed by atoms with E-state index in [2.05, 4.69) is 107 Å². The van der Waals surface area contributed by atoms with E-state index in [-0.39, 0.29) is 5.41 Å². The van der Waals surface area contributed by atoms with Gasteiger partial charge in [-0.25, -0.2) is 15.0 Å². The summed E-state index contributed by atoms with van der Waals surface area (Å²) >= 11 is 0. The Morgan fingerprint density at radius 1 is 0.756 bits per heavy atom. The summed E-state index contributed by atoms with van der Waals surface area (Å²) in [6, 6.07) is 29.5. The number of pyridine rings is 2. The summed E-state index contributed by atoms with van der Waals surface area (Å²) in [5.41, 5.74) is 8.21. The predicted molar refractivity (Wildman–Crippen MR) is 180 cm³/mol. The van der Waals surface area contributed by atoms with E-state index in [0.717, 1.165) is 39.1 Å². The molecule has 0 saturated heterocycles. The van der Waals surface area contributed by atoms with Crippen molar-refractivity contribution in [3.05, 3.63) is 125 Å². The third-order valence-electron chi connectivity index (χ3n) is 10.2. The van der Waals surface area contributed by atoms with E-state index >= 15 is 0 Å². The molecule has 1 aliphatic heterocycles. The lowest BCUT2D eigenvalue weighted by molar-refractivity contribution is -0.0136. The molecule has 0 fully saturated rings. The Bertz CT molecular complexity index is 2230. The number of hydrogen-bond donors (Lipinski definition) is 0. The number of aromatic nitrogens is 3. The molecule has 4 heterocycles. The fourth-order valence-electron chi connectivity index (χ4n) is 7.58. The van der Waals surface area contributed by atoms with Crippen LogP contribution in [0.1, 0.15) is 61.2 Å². The second-order valence-electron chi connectivity index (χ2n) is 13.5. The molecule has 0 saturated carbocycles. The molecule has 0 spiro atoms. The van der Waals surface area contributed by atoms with Gasteiger partial charge in [0.1, 0.15) is 22.5 Å². The van der Waals surface area contributed by atoms with Gasteiger partial charge in [-0.2, -0.15) is 0 Å². The van der Waals surface area contributed by atoms with Crippen molar-refractivity contribution in [2.24, 2.45) is 4.99 Å². The number of aliphatic imine (C=N–C) groups is 1. The molecule has 2 aliphatic rings. The van der Waals surface area contributed by atoms with Gasteiger partial charge in [-0.15, -0.1) is 0 Å². The number of ether oxygens (including phenoxy) is 2. The molecular formula is C39H36N4O2. The van der Waals surface area contributed by atoms with Gasteiger partial charge in [0.25, 0.3) is 0 Å². The van der Waals surface area contributed by atoms with E-state index in [1.54, 1.807) is 0 Å². The minimum absolute atomic E-state index is 0.233. The van der Waals surface area contributed by atoms with E-state index in [0.29, 0.717) is 17.5 Å². The minimum Gasteiger partial charge on any atom is -0.467 e. The normalized spacial score (nSPS) is 21.4. The number of benzene rings is 3. The van der Waals surface area contributed by atoms with E-state index in [4.69, 9.17) is 24.4 Å². The first-order valence-corrected chi connectivity index (χ1v) is 15.5. The molecule has 224 valence electrons. The highest BCUT2D eigenvalue weighted by Gasteiger charge is 2.67. The van der Waals surface area contributed by atoms with Crippen molar-refractivity contribution in [2.75, 3.05) is 0 Å². The Hall–Kier alpha value is -4.97. The number of rotatable bonds is 4. The molecule has 6 heteroatoms. The fourth-order valence-corrected chi connectivity index (χ4v) is 7.58. The molecule has 0 amide bonds. The molecule has 2 atom stereocenters. The monoisotopic (exact) mass is 592 g/mol. The van der Waals surface area contributed by atoms with Crippen molar-refractivity contribution in [2.45, 2.75) is 65.0 Å². The second kappa shape index (κ2) is 9.27. The highest BCUT2D eigenvalue weighted by Crippen LogP contribution is 2.61. The molecule has 1 aliphatic carbocycles. The molecule has 0 unspecified atom stereocenters. The zero-order valence-electron chi connectivity index (χ0n) is 26.8. The second-order valence-corrected chi connectivity index (χ2v) is 13.5. The van der Waals surface area contributed by atoms with Crippen molar-refractivity contribution in [1.82, 2.24) is 14.5 Å². The third kappa shape index (κ3) is 3.84. The lowest BCUT2D eigenvalue weighted by atomic mass is 9.71. The van der Waals surface area contributed by atoms with Crippen LogP contribution in [-0.2, 0) is 15.7 Å². The average Bonchev–Trinajstić information content (AvgIpc) is 3.52. The maximum atomic E-state index is 6.85. The van der Waals surface area contributed by atoms with Gasteiger partial charge in [0.15, 0.2) is 0 Å². The summed E-state index contributed by atoms with van der Waals surface area (Å²) < 4.78 is 15.6. The van der Waals surface area contributed by atoms with E-state index in [9.17, 15) is 0 Å². The van der Waals surface area contributed by atoms with Crippen molar-refractivity contribution in [1.29, 1.82) is 0 Å².